The van der Waals surface area contributed by atoms with E-state index in [0.29, 0.717) is 42.0 Å². The second-order valence-electron chi connectivity index (χ2n) is 9.81. The molecule has 9 unspecified atom stereocenters. The highest BCUT2D eigenvalue weighted by Gasteiger charge is 2.52. The van der Waals surface area contributed by atoms with Gasteiger partial charge in [-0.05, 0) is 81.0 Å². The van der Waals surface area contributed by atoms with Crippen molar-refractivity contribution in [3.63, 3.8) is 0 Å². The fourth-order valence-electron chi connectivity index (χ4n) is 6.86. The van der Waals surface area contributed by atoms with Crippen molar-refractivity contribution in [1.29, 1.82) is 0 Å². The summed E-state index contributed by atoms with van der Waals surface area (Å²) in [5, 5.41) is 10.2. The van der Waals surface area contributed by atoms with Crippen LogP contribution >= 0.6 is 0 Å². The number of fused-ring (bicyclic) bond motifs is 2. The predicted octanol–water partition coefficient (Wildman–Crippen LogP) is 4.13. The Morgan fingerprint density at radius 2 is 1.81 bits per heavy atom. The first-order valence-electron chi connectivity index (χ1n) is 11.5. The summed E-state index contributed by atoms with van der Waals surface area (Å²) in [6.07, 6.45) is 10.3. The zero-order chi connectivity index (χ0) is 19.0. The van der Waals surface area contributed by atoms with Crippen LogP contribution in [0.25, 0.3) is 0 Å². The number of Topliss-reactive ketones (excluding diaryl/α,β-unsaturated/α-hetero) is 1. The van der Waals surface area contributed by atoms with Gasteiger partial charge in [0.05, 0.1) is 24.4 Å². The van der Waals surface area contributed by atoms with Gasteiger partial charge in [-0.2, -0.15) is 0 Å². The third-order valence-electron chi connectivity index (χ3n) is 8.06. The van der Waals surface area contributed by atoms with E-state index < -0.39 is 0 Å². The van der Waals surface area contributed by atoms with Crippen LogP contribution in [0, 0.1) is 29.6 Å². The van der Waals surface area contributed by atoms with Crippen LogP contribution in [0.2, 0.25) is 0 Å². The summed E-state index contributed by atoms with van der Waals surface area (Å²) in [6, 6.07) is 0. The van der Waals surface area contributed by atoms with Crippen molar-refractivity contribution < 1.29 is 19.4 Å². The average Bonchev–Trinajstić information content (AvgIpc) is 2.64. The predicted molar refractivity (Wildman–Crippen MR) is 104 cm³/mol. The van der Waals surface area contributed by atoms with Crippen LogP contribution in [0.5, 0.6) is 0 Å². The Labute approximate surface area is 164 Å². The molecule has 0 spiro atoms. The molecule has 1 N–H and O–H groups in total. The van der Waals surface area contributed by atoms with Gasteiger partial charge in [-0.25, -0.2) is 0 Å². The second kappa shape index (κ2) is 8.51. The summed E-state index contributed by atoms with van der Waals surface area (Å²) in [7, 11) is 0. The van der Waals surface area contributed by atoms with Crippen molar-refractivity contribution in [3.05, 3.63) is 0 Å². The summed E-state index contributed by atoms with van der Waals surface area (Å²) >= 11 is 0. The van der Waals surface area contributed by atoms with Crippen molar-refractivity contribution in [3.8, 4) is 0 Å². The van der Waals surface area contributed by atoms with Crippen LogP contribution in [-0.4, -0.2) is 41.9 Å². The van der Waals surface area contributed by atoms with Crippen LogP contribution in [0.3, 0.4) is 0 Å². The molecule has 0 aromatic rings. The van der Waals surface area contributed by atoms with Gasteiger partial charge in [0, 0.05) is 19.4 Å². The highest BCUT2D eigenvalue weighted by atomic mass is 16.5. The zero-order valence-corrected chi connectivity index (χ0v) is 17.1. The number of ketones is 1. The van der Waals surface area contributed by atoms with Crippen LogP contribution in [0.1, 0.15) is 78.1 Å². The number of aliphatic hydroxyl groups is 1. The molecular formula is C23H38O4. The average molecular weight is 379 g/mol. The molecule has 4 aliphatic rings. The molecule has 0 amide bonds. The first kappa shape index (κ1) is 19.8. The number of carbonyl (C=O) groups is 1. The molecule has 4 fully saturated rings. The van der Waals surface area contributed by atoms with Crippen LogP contribution in [0.4, 0.5) is 0 Å². The van der Waals surface area contributed by atoms with Gasteiger partial charge in [-0.1, -0.05) is 13.8 Å². The van der Waals surface area contributed by atoms with Gasteiger partial charge in [0.15, 0.2) is 0 Å². The molecule has 3 saturated carbocycles. The Kier molecular flexibility index (Phi) is 6.25. The number of rotatable bonds is 4. The maximum absolute atomic E-state index is 12.1. The first-order valence-corrected chi connectivity index (χ1v) is 11.5. The lowest BCUT2D eigenvalue weighted by Crippen LogP contribution is -2.56. The Morgan fingerprint density at radius 3 is 2.59 bits per heavy atom. The van der Waals surface area contributed by atoms with E-state index in [4.69, 9.17) is 9.47 Å². The molecule has 1 heterocycles. The Balaban J connectivity index is 1.52. The lowest BCUT2D eigenvalue weighted by molar-refractivity contribution is -0.200. The maximum atomic E-state index is 12.1. The summed E-state index contributed by atoms with van der Waals surface area (Å²) in [4.78, 5) is 12.1. The number of hydrogen-bond acceptors (Lipinski definition) is 4. The number of ether oxygens (including phenoxy) is 2. The van der Waals surface area contributed by atoms with Crippen LogP contribution < -0.4 is 0 Å². The van der Waals surface area contributed by atoms with Gasteiger partial charge >= 0.3 is 0 Å². The standard InChI is InChI=1S/C23H38O4/c1-3-10-26-17-6-9-18(14(2)11-17)23-19-7-4-15(24)12-21(19)27-22-13-16(25)5-8-20(22)23/h14-15,17-24H,3-13H2,1-2H3. The van der Waals surface area contributed by atoms with Gasteiger partial charge in [0.2, 0.25) is 0 Å². The SMILES string of the molecule is CCCOC1CCC(C2C3CCC(=O)CC3OC3CC(O)CCC32)C(C)C1. The lowest BCUT2D eigenvalue weighted by Gasteiger charge is -2.55. The molecule has 1 aliphatic heterocycles. The molecule has 1 saturated heterocycles. The highest BCUT2D eigenvalue weighted by molar-refractivity contribution is 5.79. The van der Waals surface area contributed by atoms with Gasteiger partial charge in [-0.15, -0.1) is 0 Å². The van der Waals surface area contributed by atoms with E-state index >= 15 is 0 Å². The Hall–Kier alpha value is -0.450. The Bertz CT molecular complexity index is 521. The molecule has 154 valence electrons. The minimum Gasteiger partial charge on any atom is -0.393 e. The molecule has 0 radical (unpaired) electrons. The first-order chi connectivity index (χ1) is 13.1. The van der Waals surface area contributed by atoms with E-state index in [1.807, 2.05) is 0 Å². The molecule has 27 heavy (non-hydrogen) atoms. The lowest BCUT2D eigenvalue weighted by atomic mass is 9.56. The fraction of sp³-hybridized carbons (Fsp3) is 0.957. The van der Waals surface area contributed by atoms with Gasteiger partial charge in [0.1, 0.15) is 5.78 Å². The highest BCUT2D eigenvalue weighted by Crippen LogP contribution is 2.53. The smallest absolute Gasteiger partial charge is 0.135 e. The maximum Gasteiger partial charge on any atom is 0.135 e. The van der Waals surface area contributed by atoms with Crippen molar-refractivity contribution in [2.75, 3.05) is 6.61 Å². The molecule has 9 atom stereocenters. The molecule has 3 aliphatic carbocycles. The fourth-order valence-corrected chi connectivity index (χ4v) is 6.86. The van der Waals surface area contributed by atoms with Crippen molar-refractivity contribution >= 4 is 5.78 Å². The topological polar surface area (TPSA) is 55.8 Å². The summed E-state index contributed by atoms with van der Waals surface area (Å²) in [6.45, 7) is 5.49. The van der Waals surface area contributed by atoms with Crippen molar-refractivity contribution in [2.45, 2.75) is 102 Å². The zero-order valence-electron chi connectivity index (χ0n) is 17.1. The molecule has 4 rings (SSSR count). The minimum atomic E-state index is -0.224. The van der Waals surface area contributed by atoms with E-state index in [9.17, 15) is 9.90 Å². The minimum absolute atomic E-state index is 0.101. The van der Waals surface area contributed by atoms with Crippen LogP contribution in [0.15, 0.2) is 0 Å². The van der Waals surface area contributed by atoms with E-state index in [1.54, 1.807) is 0 Å². The monoisotopic (exact) mass is 378 g/mol. The molecular weight excluding hydrogens is 340 g/mol. The number of hydrogen-bond donors (Lipinski definition) is 1. The summed E-state index contributed by atoms with van der Waals surface area (Å²) < 4.78 is 12.5. The summed E-state index contributed by atoms with van der Waals surface area (Å²) in [5.41, 5.74) is 0. The molecule has 0 aromatic carbocycles. The third kappa shape index (κ3) is 4.13. The van der Waals surface area contributed by atoms with Gasteiger partial charge in [0.25, 0.3) is 0 Å². The van der Waals surface area contributed by atoms with E-state index in [2.05, 4.69) is 13.8 Å². The van der Waals surface area contributed by atoms with Crippen LogP contribution in [-0.2, 0) is 14.3 Å². The number of carbonyl (C=O) groups excluding carboxylic acids is 1. The van der Waals surface area contributed by atoms with E-state index in [1.165, 1.54) is 19.3 Å². The molecule has 4 heteroatoms. The second-order valence-corrected chi connectivity index (χ2v) is 9.81. The molecule has 4 nitrogen and oxygen atoms in total. The van der Waals surface area contributed by atoms with Crippen molar-refractivity contribution in [2.24, 2.45) is 29.6 Å². The molecule has 0 bridgehead atoms. The van der Waals surface area contributed by atoms with Gasteiger partial charge in [-0.3, -0.25) is 4.79 Å². The number of aliphatic hydroxyl groups excluding tert-OH is 1. The van der Waals surface area contributed by atoms with Gasteiger partial charge < -0.3 is 14.6 Å². The normalized spacial score (nSPS) is 48.0. The molecule has 0 aromatic heterocycles. The third-order valence-corrected chi connectivity index (χ3v) is 8.06. The largest absolute Gasteiger partial charge is 0.393 e. The van der Waals surface area contributed by atoms with Crippen molar-refractivity contribution in [1.82, 2.24) is 0 Å². The summed E-state index contributed by atoms with van der Waals surface area (Å²) in [5.74, 6) is 3.54. The Morgan fingerprint density at radius 1 is 1.04 bits per heavy atom. The van der Waals surface area contributed by atoms with E-state index in [-0.39, 0.29) is 18.3 Å². The quantitative estimate of drug-likeness (QED) is 0.799. The van der Waals surface area contributed by atoms with E-state index in [0.717, 1.165) is 51.0 Å².